The Morgan fingerprint density at radius 2 is 1.74 bits per heavy atom. The molecule has 0 bridgehead atoms. The molecule has 2 aliphatic heterocycles. The number of methoxy groups -OCH3 is 1. The summed E-state index contributed by atoms with van der Waals surface area (Å²) < 4.78 is 6.91. The Kier molecular flexibility index (Phi) is 6.81. The molecule has 0 spiro atoms. The zero-order valence-electron chi connectivity index (χ0n) is 18.0. The highest BCUT2D eigenvalue weighted by atomic mass is 16.5. The van der Waals surface area contributed by atoms with Gasteiger partial charge in [-0.05, 0) is 31.0 Å². The lowest BCUT2D eigenvalue weighted by Gasteiger charge is -2.36. The van der Waals surface area contributed by atoms with Crippen LogP contribution in [0.15, 0.2) is 36.8 Å². The fraction of sp³-hybridized carbons (Fsp3) is 0.545. The van der Waals surface area contributed by atoms with E-state index in [0.29, 0.717) is 31.2 Å². The zero-order valence-corrected chi connectivity index (χ0v) is 18.0. The van der Waals surface area contributed by atoms with Gasteiger partial charge >= 0.3 is 5.97 Å². The summed E-state index contributed by atoms with van der Waals surface area (Å²) in [5.41, 5.74) is 0.608. The van der Waals surface area contributed by atoms with Gasteiger partial charge in [0.05, 0.1) is 7.11 Å². The van der Waals surface area contributed by atoms with Crippen LogP contribution in [0.4, 0.5) is 5.95 Å². The number of piperazine rings is 1. The minimum absolute atomic E-state index is 0.217. The lowest BCUT2D eigenvalue weighted by molar-refractivity contribution is -0.131. The molecule has 2 saturated heterocycles. The molecule has 9 nitrogen and oxygen atoms in total. The first kappa shape index (κ1) is 21.3. The summed E-state index contributed by atoms with van der Waals surface area (Å²) in [4.78, 5) is 39.6. The fourth-order valence-corrected chi connectivity index (χ4v) is 4.43. The number of ether oxygens (including phenoxy) is 1. The molecule has 1 amide bonds. The van der Waals surface area contributed by atoms with Gasteiger partial charge in [-0.2, -0.15) is 0 Å². The van der Waals surface area contributed by atoms with Crippen molar-refractivity contribution in [3.8, 4) is 0 Å². The number of hydrogen-bond donors (Lipinski definition) is 0. The van der Waals surface area contributed by atoms with E-state index in [4.69, 9.17) is 4.74 Å². The lowest BCUT2D eigenvalue weighted by atomic mass is 10.0. The molecule has 31 heavy (non-hydrogen) atoms. The molecule has 9 heteroatoms. The molecular weight excluding hydrogens is 396 g/mol. The van der Waals surface area contributed by atoms with E-state index >= 15 is 0 Å². The van der Waals surface area contributed by atoms with Gasteiger partial charge in [-0.25, -0.2) is 14.8 Å². The van der Waals surface area contributed by atoms with Crippen molar-refractivity contribution in [2.45, 2.75) is 25.3 Å². The molecule has 0 atom stereocenters. The van der Waals surface area contributed by atoms with Crippen LogP contribution in [0.25, 0.3) is 0 Å². The second kappa shape index (κ2) is 9.91. The largest absolute Gasteiger partial charge is 0.464 e. The molecule has 4 rings (SSSR count). The van der Waals surface area contributed by atoms with Crippen LogP contribution in [0.5, 0.6) is 0 Å². The maximum atomic E-state index is 12.7. The standard InChI is InChI=1S/C22H30N6O3/c1-31-21(30)19-4-2-10-28(19)18-5-11-25(12-6-18)13-7-20(29)26-14-16-27(17-15-26)22-23-8-3-9-24-22/h2-4,8-10,18H,5-7,11-17H2,1H3. The third kappa shape index (κ3) is 5.04. The highest BCUT2D eigenvalue weighted by Gasteiger charge is 2.26. The van der Waals surface area contributed by atoms with Gasteiger partial charge in [-0.15, -0.1) is 0 Å². The van der Waals surface area contributed by atoms with Crippen LogP contribution in [0.2, 0.25) is 0 Å². The molecule has 0 unspecified atom stereocenters. The Bertz CT molecular complexity index is 870. The number of esters is 1. The average molecular weight is 427 g/mol. The monoisotopic (exact) mass is 426 g/mol. The number of amides is 1. The van der Waals surface area contributed by atoms with Crippen molar-refractivity contribution in [1.29, 1.82) is 0 Å². The number of carbonyl (C=O) groups is 2. The Morgan fingerprint density at radius 3 is 2.42 bits per heavy atom. The van der Waals surface area contributed by atoms with Crippen LogP contribution in [0.1, 0.15) is 35.8 Å². The summed E-state index contributed by atoms with van der Waals surface area (Å²) in [6.45, 7) is 5.59. The van der Waals surface area contributed by atoms with Gasteiger partial charge < -0.3 is 24.0 Å². The SMILES string of the molecule is COC(=O)c1cccn1C1CCN(CCC(=O)N2CCN(c3ncccn3)CC2)CC1. The molecule has 0 aromatic carbocycles. The Balaban J connectivity index is 1.19. The average Bonchev–Trinajstić information content (AvgIpc) is 3.33. The second-order valence-corrected chi connectivity index (χ2v) is 8.03. The highest BCUT2D eigenvalue weighted by molar-refractivity contribution is 5.87. The maximum Gasteiger partial charge on any atom is 0.354 e. The van der Waals surface area contributed by atoms with Gasteiger partial charge in [0, 0.05) is 76.9 Å². The van der Waals surface area contributed by atoms with E-state index in [1.54, 1.807) is 18.5 Å². The van der Waals surface area contributed by atoms with E-state index in [2.05, 4.69) is 19.8 Å². The van der Waals surface area contributed by atoms with E-state index < -0.39 is 0 Å². The van der Waals surface area contributed by atoms with Crippen molar-refractivity contribution >= 4 is 17.8 Å². The fourth-order valence-electron chi connectivity index (χ4n) is 4.43. The third-order valence-corrected chi connectivity index (χ3v) is 6.23. The molecule has 0 radical (unpaired) electrons. The van der Waals surface area contributed by atoms with E-state index in [0.717, 1.165) is 51.5 Å². The molecule has 2 aromatic rings. The molecule has 2 fully saturated rings. The number of piperidine rings is 1. The van der Waals surface area contributed by atoms with Gasteiger partial charge in [0.25, 0.3) is 0 Å². The van der Waals surface area contributed by atoms with Crippen LogP contribution in [0.3, 0.4) is 0 Å². The molecular formula is C22H30N6O3. The first-order chi connectivity index (χ1) is 15.2. The van der Waals surface area contributed by atoms with Crippen molar-refractivity contribution < 1.29 is 14.3 Å². The quantitative estimate of drug-likeness (QED) is 0.647. The van der Waals surface area contributed by atoms with E-state index in [9.17, 15) is 9.59 Å². The molecule has 2 aliphatic rings. The number of carbonyl (C=O) groups excluding carboxylic acids is 2. The molecule has 0 saturated carbocycles. The van der Waals surface area contributed by atoms with Crippen LogP contribution in [0, 0.1) is 0 Å². The lowest BCUT2D eigenvalue weighted by Crippen LogP contribution is -2.50. The summed E-state index contributed by atoms with van der Waals surface area (Å²) in [6, 6.07) is 5.80. The Hall–Kier alpha value is -2.94. The zero-order chi connectivity index (χ0) is 21.6. The maximum absolute atomic E-state index is 12.7. The topological polar surface area (TPSA) is 83.8 Å². The van der Waals surface area contributed by atoms with Gasteiger partial charge in [-0.1, -0.05) is 0 Å². The smallest absolute Gasteiger partial charge is 0.354 e. The summed E-state index contributed by atoms with van der Waals surface area (Å²) in [5.74, 6) is 0.654. The number of hydrogen-bond acceptors (Lipinski definition) is 7. The molecule has 0 N–H and O–H groups in total. The summed E-state index contributed by atoms with van der Waals surface area (Å²) >= 11 is 0. The minimum Gasteiger partial charge on any atom is -0.464 e. The van der Waals surface area contributed by atoms with E-state index in [1.807, 2.05) is 27.8 Å². The Morgan fingerprint density at radius 1 is 1.03 bits per heavy atom. The summed E-state index contributed by atoms with van der Waals surface area (Å²) in [5, 5.41) is 0. The van der Waals surface area contributed by atoms with Gasteiger partial charge in [0.1, 0.15) is 5.69 Å². The number of aromatic nitrogens is 3. The Labute approximate surface area is 182 Å². The number of nitrogens with zero attached hydrogens (tertiary/aromatic N) is 6. The summed E-state index contributed by atoms with van der Waals surface area (Å²) in [7, 11) is 1.41. The van der Waals surface area contributed by atoms with E-state index in [1.165, 1.54) is 7.11 Å². The predicted octanol–water partition coefficient (Wildman–Crippen LogP) is 1.44. The predicted molar refractivity (Wildman–Crippen MR) is 116 cm³/mol. The van der Waals surface area contributed by atoms with Gasteiger partial charge in [-0.3, -0.25) is 4.79 Å². The second-order valence-electron chi connectivity index (χ2n) is 8.03. The number of likely N-dealkylation sites (tertiary alicyclic amines) is 1. The van der Waals surface area contributed by atoms with Crippen molar-refractivity contribution in [2.24, 2.45) is 0 Å². The van der Waals surface area contributed by atoms with Crippen LogP contribution < -0.4 is 4.90 Å². The van der Waals surface area contributed by atoms with Gasteiger partial charge in [0.2, 0.25) is 11.9 Å². The molecule has 0 aliphatic carbocycles. The van der Waals surface area contributed by atoms with Crippen molar-refractivity contribution in [3.05, 3.63) is 42.5 Å². The van der Waals surface area contributed by atoms with Crippen molar-refractivity contribution in [1.82, 2.24) is 24.3 Å². The number of rotatable bonds is 6. The van der Waals surface area contributed by atoms with Crippen LogP contribution in [-0.4, -0.2) is 89.1 Å². The van der Waals surface area contributed by atoms with Gasteiger partial charge in [0.15, 0.2) is 0 Å². The molecule has 166 valence electrons. The van der Waals surface area contributed by atoms with Crippen molar-refractivity contribution in [3.63, 3.8) is 0 Å². The first-order valence-corrected chi connectivity index (χ1v) is 10.9. The molecule has 4 heterocycles. The van der Waals surface area contributed by atoms with Crippen molar-refractivity contribution in [2.75, 3.05) is 57.8 Å². The highest BCUT2D eigenvalue weighted by Crippen LogP contribution is 2.25. The van der Waals surface area contributed by atoms with E-state index in [-0.39, 0.29) is 11.9 Å². The van der Waals surface area contributed by atoms with Crippen LogP contribution >= 0.6 is 0 Å². The third-order valence-electron chi connectivity index (χ3n) is 6.23. The minimum atomic E-state index is -0.294. The summed E-state index contributed by atoms with van der Waals surface area (Å²) in [6.07, 6.45) is 7.91. The normalized spacial score (nSPS) is 18.2. The first-order valence-electron chi connectivity index (χ1n) is 10.9. The number of anilines is 1. The molecule has 2 aromatic heterocycles. The van der Waals surface area contributed by atoms with Crippen LogP contribution in [-0.2, 0) is 9.53 Å².